The average molecular weight is 358 g/mol. The molecule has 0 fully saturated rings. The molecular weight excluding hydrogens is 351 g/mol. The van der Waals surface area contributed by atoms with E-state index >= 15 is 0 Å². The highest BCUT2D eigenvalue weighted by atomic mass is 79.9. The summed E-state index contributed by atoms with van der Waals surface area (Å²) in [6.45, 7) is 0. The van der Waals surface area contributed by atoms with Crippen molar-refractivity contribution >= 4 is 21.6 Å². The van der Waals surface area contributed by atoms with E-state index in [1.165, 1.54) is 6.07 Å². The Morgan fingerprint density at radius 2 is 1.95 bits per heavy atom. The number of ether oxygens (including phenoxy) is 1. The molecule has 0 aliphatic carbocycles. The lowest BCUT2D eigenvalue weighted by atomic mass is 10.2. The van der Waals surface area contributed by atoms with Crippen LogP contribution in [0.5, 0.6) is 11.6 Å². The van der Waals surface area contributed by atoms with E-state index in [0.29, 0.717) is 10.2 Å². The van der Waals surface area contributed by atoms with E-state index in [4.69, 9.17) is 15.7 Å². The van der Waals surface area contributed by atoms with E-state index in [9.17, 15) is 13.2 Å². The van der Waals surface area contributed by atoms with Crippen molar-refractivity contribution in [1.82, 2.24) is 4.98 Å². The summed E-state index contributed by atoms with van der Waals surface area (Å²) < 4.78 is 43.6. The summed E-state index contributed by atoms with van der Waals surface area (Å²) in [7, 11) is 0. The fourth-order valence-electron chi connectivity index (χ4n) is 1.47. The molecule has 0 aliphatic heterocycles. The second-order valence-electron chi connectivity index (χ2n) is 3.92. The van der Waals surface area contributed by atoms with E-state index in [0.717, 1.165) is 12.1 Å². The molecule has 0 radical (unpaired) electrons. The SMILES string of the molecule is N#Cc1ccc(C(F)(F)F)nc1Oc1cccc(N)c1Br. The van der Waals surface area contributed by atoms with Crippen molar-refractivity contribution in [1.29, 1.82) is 5.26 Å². The molecule has 0 amide bonds. The molecular formula is C13H7BrF3N3O. The molecule has 21 heavy (non-hydrogen) atoms. The van der Waals surface area contributed by atoms with Crippen LogP contribution in [0.25, 0.3) is 0 Å². The van der Waals surface area contributed by atoms with E-state index in [1.807, 2.05) is 0 Å². The molecule has 1 heterocycles. The van der Waals surface area contributed by atoms with Gasteiger partial charge in [-0.3, -0.25) is 0 Å². The zero-order valence-electron chi connectivity index (χ0n) is 10.3. The Kier molecular flexibility index (Phi) is 4.04. The second-order valence-corrected chi connectivity index (χ2v) is 4.71. The van der Waals surface area contributed by atoms with Gasteiger partial charge in [0.15, 0.2) is 0 Å². The molecule has 0 spiro atoms. The fourth-order valence-corrected chi connectivity index (χ4v) is 1.82. The van der Waals surface area contributed by atoms with Gasteiger partial charge >= 0.3 is 6.18 Å². The summed E-state index contributed by atoms with van der Waals surface area (Å²) in [5, 5.41) is 8.93. The molecule has 108 valence electrons. The van der Waals surface area contributed by atoms with Crippen molar-refractivity contribution in [3.8, 4) is 17.7 Å². The van der Waals surface area contributed by atoms with Crippen LogP contribution in [0.1, 0.15) is 11.3 Å². The average Bonchev–Trinajstić information content (AvgIpc) is 2.43. The van der Waals surface area contributed by atoms with Crippen molar-refractivity contribution in [3.63, 3.8) is 0 Å². The Bertz CT molecular complexity index is 726. The Balaban J connectivity index is 2.48. The van der Waals surface area contributed by atoms with Crippen LogP contribution in [0.3, 0.4) is 0 Å². The maximum atomic E-state index is 12.7. The normalized spacial score (nSPS) is 11.0. The monoisotopic (exact) mass is 357 g/mol. The minimum atomic E-state index is -4.63. The van der Waals surface area contributed by atoms with Gasteiger partial charge in [0.25, 0.3) is 0 Å². The number of nitrogens with two attached hydrogens (primary N) is 1. The molecule has 1 aromatic carbocycles. The van der Waals surface area contributed by atoms with Crippen molar-refractivity contribution < 1.29 is 17.9 Å². The molecule has 8 heteroatoms. The molecule has 0 bridgehead atoms. The van der Waals surface area contributed by atoms with Crippen LogP contribution in [0.2, 0.25) is 0 Å². The van der Waals surface area contributed by atoms with Gasteiger partial charge in [-0.2, -0.15) is 18.4 Å². The Morgan fingerprint density at radius 3 is 2.57 bits per heavy atom. The summed E-state index contributed by atoms with van der Waals surface area (Å²) in [5.74, 6) is -0.267. The number of halogens is 4. The first-order chi connectivity index (χ1) is 9.82. The van der Waals surface area contributed by atoms with E-state index < -0.39 is 17.8 Å². The predicted octanol–water partition coefficient (Wildman–Crippen LogP) is 4.11. The number of alkyl halides is 3. The van der Waals surface area contributed by atoms with E-state index in [-0.39, 0.29) is 11.3 Å². The van der Waals surface area contributed by atoms with E-state index in [1.54, 1.807) is 18.2 Å². The molecule has 0 saturated carbocycles. The van der Waals surface area contributed by atoms with Crippen LogP contribution < -0.4 is 10.5 Å². The molecule has 0 saturated heterocycles. The van der Waals surface area contributed by atoms with Gasteiger partial charge in [-0.15, -0.1) is 0 Å². The highest BCUT2D eigenvalue weighted by Crippen LogP contribution is 2.36. The largest absolute Gasteiger partial charge is 0.436 e. The number of hydrogen-bond acceptors (Lipinski definition) is 4. The van der Waals surface area contributed by atoms with Gasteiger partial charge < -0.3 is 10.5 Å². The number of nitrogens with zero attached hydrogens (tertiary/aromatic N) is 2. The number of benzene rings is 1. The van der Waals surface area contributed by atoms with Crippen molar-refractivity contribution in [2.24, 2.45) is 0 Å². The fraction of sp³-hybridized carbons (Fsp3) is 0.0769. The minimum Gasteiger partial charge on any atom is -0.436 e. The standard InChI is InChI=1S/C13H7BrF3N3O/c14-11-8(19)2-1-3-9(11)21-12-7(6-18)4-5-10(20-12)13(15,16)17/h1-5H,19H2. The Hall–Kier alpha value is -2.27. The van der Waals surface area contributed by atoms with Crippen molar-refractivity contribution in [2.45, 2.75) is 6.18 Å². The zero-order chi connectivity index (χ0) is 15.6. The third-order valence-corrected chi connectivity index (χ3v) is 3.32. The summed E-state index contributed by atoms with van der Waals surface area (Å²) >= 11 is 3.16. The lowest BCUT2D eigenvalue weighted by molar-refractivity contribution is -0.141. The molecule has 0 atom stereocenters. The van der Waals surface area contributed by atoms with Gasteiger partial charge in [-0.1, -0.05) is 6.07 Å². The Labute approximate surface area is 126 Å². The van der Waals surface area contributed by atoms with Crippen LogP contribution >= 0.6 is 15.9 Å². The maximum absolute atomic E-state index is 12.7. The highest BCUT2D eigenvalue weighted by molar-refractivity contribution is 9.10. The van der Waals surface area contributed by atoms with Gasteiger partial charge in [-0.05, 0) is 40.2 Å². The van der Waals surface area contributed by atoms with Crippen LogP contribution in [-0.2, 0) is 6.18 Å². The summed E-state index contributed by atoms with van der Waals surface area (Å²) in [5.41, 5.74) is 4.74. The van der Waals surface area contributed by atoms with Crippen LogP contribution in [0.4, 0.5) is 18.9 Å². The third-order valence-electron chi connectivity index (χ3n) is 2.47. The third kappa shape index (κ3) is 3.25. The molecule has 2 N–H and O–H groups in total. The highest BCUT2D eigenvalue weighted by Gasteiger charge is 2.33. The minimum absolute atomic E-state index is 0.114. The van der Waals surface area contributed by atoms with Crippen molar-refractivity contribution in [3.05, 3.63) is 46.1 Å². The number of rotatable bonds is 2. The summed E-state index contributed by atoms with van der Waals surface area (Å²) in [6.07, 6.45) is -4.63. The number of anilines is 1. The van der Waals surface area contributed by atoms with Gasteiger partial charge in [-0.25, -0.2) is 4.98 Å². The quantitative estimate of drug-likeness (QED) is 0.821. The van der Waals surface area contributed by atoms with Gasteiger partial charge in [0, 0.05) is 5.69 Å². The first-order valence-electron chi connectivity index (χ1n) is 5.53. The molecule has 2 rings (SSSR count). The molecule has 1 aromatic heterocycles. The smallest absolute Gasteiger partial charge is 0.433 e. The number of hydrogen-bond donors (Lipinski definition) is 1. The second kappa shape index (κ2) is 5.61. The van der Waals surface area contributed by atoms with Crippen LogP contribution in [0.15, 0.2) is 34.8 Å². The van der Waals surface area contributed by atoms with Crippen molar-refractivity contribution in [2.75, 3.05) is 5.73 Å². The molecule has 2 aromatic rings. The van der Waals surface area contributed by atoms with Crippen LogP contribution in [-0.4, -0.2) is 4.98 Å². The van der Waals surface area contributed by atoms with Gasteiger partial charge in [0.1, 0.15) is 23.1 Å². The first-order valence-corrected chi connectivity index (χ1v) is 6.32. The summed E-state index contributed by atoms with van der Waals surface area (Å²) in [6, 6.07) is 8.09. The number of nitriles is 1. The molecule has 0 unspecified atom stereocenters. The molecule has 4 nitrogen and oxygen atoms in total. The topological polar surface area (TPSA) is 71.9 Å². The lowest BCUT2D eigenvalue weighted by Gasteiger charge is -2.12. The first kappa shape index (κ1) is 15.1. The number of nitrogen functional groups attached to an aromatic ring is 1. The lowest BCUT2D eigenvalue weighted by Crippen LogP contribution is -2.09. The number of pyridine rings is 1. The zero-order valence-corrected chi connectivity index (χ0v) is 11.9. The van der Waals surface area contributed by atoms with Gasteiger partial charge in [0.2, 0.25) is 5.88 Å². The van der Waals surface area contributed by atoms with Gasteiger partial charge in [0.05, 0.1) is 4.47 Å². The molecule has 0 aliphatic rings. The number of aromatic nitrogens is 1. The Morgan fingerprint density at radius 1 is 1.24 bits per heavy atom. The van der Waals surface area contributed by atoms with E-state index in [2.05, 4.69) is 20.9 Å². The predicted molar refractivity (Wildman–Crippen MR) is 72.6 cm³/mol. The van der Waals surface area contributed by atoms with Crippen LogP contribution in [0, 0.1) is 11.3 Å². The summed E-state index contributed by atoms with van der Waals surface area (Å²) in [4.78, 5) is 3.35. The maximum Gasteiger partial charge on any atom is 0.433 e.